The van der Waals surface area contributed by atoms with Gasteiger partial charge in [-0.1, -0.05) is 20.3 Å². The lowest BCUT2D eigenvalue weighted by Crippen LogP contribution is -2.24. The van der Waals surface area contributed by atoms with Gasteiger partial charge in [-0.2, -0.15) is 0 Å². The first kappa shape index (κ1) is 15.0. The van der Waals surface area contributed by atoms with E-state index in [4.69, 9.17) is 4.74 Å². The SMILES string of the molecule is CCC(C)CC(C)n1ccnc1NC(C)COC. The summed E-state index contributed by atoms with van der Waals surface area (Å²) in [4.78, 5) is 4.39. The highest BCUT2D eigenvalue weighted by molar-refractivity contribution is 5.28. The predicted octanol–water partition coefficient (Wildman–Crippen LogP) is 3.33. The Balaban J connectivity index is 2.63. The van der Waals surface area contributed by atoms with Crippen LogP contribution in [0.2, 0.25) is 0 Å². The molecule has 0 saturated heterocycles. The minimum Gasteiger partial charge on any atom is -0.383 e. The Morgan fingerprint density at radius 3 is 2.72 bits per heavy atom. The Morgan fingerprint density at radius 1 is 1.39 bits per heavy atom. The van der Waals surface area contributed by atoms with Crippen LogP contribution < -0.4 is 5.32 Å². The molecule has 0 aliphatic heterocycles. The van der Waals surface area contributed by atoms with Gasteiger partial charge in [-0.15, -0.1) is 0 Å². The number of hydrogen-bond acceptors (Lipinski definition) is 3. The Labute approximate surface area is 111 Å². The molecule has 3 atom stereocenters. The van der Waals surface area contributed by atoms with Crippen LogP contribution in [0.3, 0.4) is 0 Å². The van der Waals surface area contributed by atoms with Gasteiger partial charge in [-0.05, 0) is 26.2 Å². The third kappa shape index (κ3) is 4.33. The van der Waals surface area contributed by atoms with Crippen LogP contribution in [0.5, 0.6) is 0 Å². The summed E-state index contributed by atoms with van der Waals surface area (Å²) >= 11 is 0. The molecule has 0 aliphatic rings. The zero-order valence-corrected chi connectivity index (χ0v) is 12.3. The van der Waals surface area contributed by atoms with Crippen molar-refractivity contribution in [3.8, 4) is 0 Å². The molecule has 1 rings (SSSR count). The van der Waals surface area contributed by atoms with Gasteiger partial charge in [-0.3, -0.25) is 0 Å². The average molecular weight is 253 g/mol. The second-order valence-corrected chi connectivity index (χ2v) is 5.26. The van der Waals surface area contributed by atoms with E-state index in [-0.39, 0.29) is 6.04 Å². The number of rotatable bonds is 8. The van der Waals surface area contributed by atoms with Gasteiger partial charge in [-0.25, -0.2) is 4.98 Å². The summed E-state index contributed by atoms with van der Waals surface area (Å²) in [6, 6.07) is 0.742. The maximum atomic E-state index is 5.14. The van der Waals surface area contributed by atoms with Crippen molar-refractivity contribution in [2.45, 2.75) is 52.6 Å². The molecule has 4 nitrogen and oxygen atoms in total. The maximum absolute atomic E-state index is 5.14. The first-order valence-corrected chi connectivity index (χ1v) is 6.86. The lowest BCUT2D eigenvalue weighted by Gasteiger charge is -2.21. The average Bonchev–Trinajstić information content (AvgIpc) is 2.77. The molecule has 1 aromatic heterocycles. The van der Waals surface area contributed by atoms with E-state index in [0.29, 0.717) is 12.6 Å². The minimum absolute atomic E-state index is 0.270. The standard InChI is InChI=1S/C14H27N3O/c1-6-11(2)9-13(4)17-8-7-15-14(17)16-12(3)10-18-5/h7-8,11-13H,6,9-10H2,1-5H3,(H,15,16). The van der Waals surface area contributed by atoms with E-state index in [0.717, 1.165) is 11.9 Å². The van der Waals surface area contributed by atoms with Crippen molar-refractivity contribution in [1.29, 1.82) is 0 Å². The first-order chi connectivity index (χ1) is 8.58. The van der Waals surface area contributed by atoms with E-state index in [1.807, 2.05) is 6.20 Å². The molecule has 104 valence electrons. The second kappa shape index (κ2) is 7.41. The van der Waals surface area contributed by atoms with E-state index in [9.17, 15) is 0 Å². The van der Waals surface area contributed by atoms with Crippen molar-refractivity contribution >= 4 is 5.95 Å². The van der Waals surface area contributed by atoms with Gasteiger partial charge < -0.3 is 14.6 Å². The minimum atomic E-state index is 0.270. The molecule has 1 N–H and O–H groups in total. The zero-order valence-electron chi connectivity index (χ0n) is 12.3. The molecule has 1 aromatic rings. The van der Waals surface area contributed by atoms with Crippen LogP contribution in [0.1, 0.15) is 46.6 Å². The van der Waals surface area contributed by atoms with Crippen LogP contribution in [-0.2, 0) is 4.74 Å². The van der Waals surface area contributed by atoms with E-state index in [1.165, 1.54) is 12.8 Å². The summed E-state index contributed by atoms with van der Waals surface area (Å²) in [6.07, 6.45) is 6.31. The third-order valence-corrected chi connectivity index (χ3v) is 3.38. The van der Waals surface area contributed by atoms with Crippen LogP contribution >= 0.6 is 0 Å². The lowest BCUT2D eigenvalue weighted by atomic mass is 10.0. The molecule has 0 fully saturated rings. The number of methoxy groups -OCH3 is 1. The summed E-state index contributed by atoms with van der Waals surface area (Å²) in [5, 5.41) is 3.39. The first-order valence-electron chi connectivity index (χ1n) is 6.86. The van der Waals surface area contributed by atoms with Crippen LogP contribution in [0.25, 0.3) is 0 Å². The second-order valence-electron chi connectivity index (χ2n) is 5.26. The fourth-order valence-electron chi connectivity index (χ4n) is 2.16. The van der Waals surface area contributed by atoms with Gasteiger partial charge in [0, 0.05) is 31.6 Å². The molecule has 0 bridgehead atoms. The van der Waals surface area contributed by atoms with Crippen molar-refractivity contribution in [1.82, 2.24) is 9.55 Å². The number of aromatic nitrogens is 2. The largest absolute Gasteiger partial charge is 0.383 e. The van der Waals surface area contributed by atoms with Crippen LogP contribution in [0, 0.1) is 5.92 Å². The van der Waals surface area contributed by atoms with Crippen LogP contribution in [0.4, 0.5) is 5.95 Å². The number of ether oxygens (including phenoxy) is 1. The maximum Gasteiger partial charge on any atom is 0.203 e. The van der Waals surface area contributed by atoms with Crippen LogP contribution in [0.15, 0.2) is 12.4 Å². The molecule has 18 heavy (non-hydrogen) atoms. The highest BCUT2D eigenvalue weighted by Gasteiger charge is 2.14. The van der Waals surface area contributed by atoms with E-state index in [1.54, 1.807) is 7.11 Å². The number of nitrogens with one attached hydrogen (secondary N) is 1. The molecule has 0 aliphatic carbocycles. The van der Waals surface area contributed by atoms with Crippen molar-refractivity contribution in [2.24, 2.45) is 5.92 Å². The molecule has 4 heteroatoms. The smallest absolute Gasteiger partial charge is 0.203 e. The summed E-state index contributed by atoms with van der Waals surface area (Å²) in [5.41, 5.74) is 0. The molecule has 0 spiro atoms. The zero-order chi connectivity index (χ0) is 13.5. The molecule has 0 amide bonds. The summed E-state index contributed by atoms with van der Waals surface area (Å²) in [6.45, 7) is 9.58. The molecule has 3 unspecified atom stereocenters. The Bertz CT molecular complexity index is 338. The van der Waals surface area contributed by atoms with Gasteiger partial charge in [0.05, 0.1) is 6.61 Å². The number of imidazole rings is 1. The Hall–Kier alpha value is -1.03. The Morgan fingerprint density at radius 2 is 2.11 bits per heavy atom. The fraction of sp³-hybridized carbons (Fsp3) is 0.786. The lowest BCUT2D eigenvalue weighted by molar-refractivity contribution is 0.190. The molecule has 1 heterocycles. The summed E-state index contributed by atoms with van der Waals surface area (Å²) < 4.78 is 7.36. The summed E-state index contributed by atoms with van der Waals surface area (Å²) in [7, 11) is 1.72. The molecule has 0 aromatic carbocycles. The van der Waals surface area contributed by atoms with E-state index < -0.39 is 0 Å². The van der Waals surface area contributed by atoms with Gasteiger partial charge in [0.2, 0.25) is 5.95 Å². The number of hydrogen-bond donors (Lipinski definition) is 1. The van der Waals surface area contributed by atoms with Gasteiger partial charge in [0.25, 0.3) is 0 Å². The molecular weight excluding hydrogens is 226 g/mol. The van der Waals surface area contributed by atoms with E-state index in [2.05, 4.69) is 48.8 Å². The summed E-state index contributed by atoms with van der Waals surface area (Å²) in [5.74, 6) is 1.68. The van der Waals surface area contributed by atoms with Crippen molar-refractivity contribution in [3.63, 3.8) is 0 Å². The highest BCUT2D eigenvalue weighted by atomic mass is 16.5. The molecule has 0 radical (unpaired) electrons. The fourth-order valence-corrected chi connectivity index (χ4v) is 2.16. The van der Waals surface area contributed by atoms with Gasteiger partial charge >= 0.3 is 0 Å². The Kier molecular flexibility index (Phi) is 6.19. The quantitative estimate of drug-likeness (QED) is 0.772. The van der Waals surface area contributed by atoms with Crippen molar-refractivity contribution < 1.29 is 4.74 Å². The van der Waals surface area contributed by atoms with Crippen molar-refractivity contribution in [2.75, 3.05) is 19.0 Å². The van der Waals surface area contributed by atoms with Crippen molar-refractivity contribution in [3.05, 3.63) is 12.4 Å². The topological polar surface area (TPSA) is 39.1 Å². The molecule has 0 saturated carbocycles. The van der Waals surface area contributed by atoms with Crippen LogP contribution in [-0.4, -0.2) is 29.3 Å². The van der Waals surface area contributed by atoms with Gasteiger partial charge in [0.1, 0.15) is 0 Å². The monoisotopic (exact) mass is 253 g/mol. The normalized spacial score (nSPS) is 16.3. The number of anilines is 1. The van der Waals surface area contributed by atoms with Gasteiger partial charge in [0.15, 0.2) is 0 Å². The van der Waals surface area contributed by atoms with E-state index >= 15 is 0 Å². The third-order valence-electron chi connectivity index (χ3n) is 3.38. The molecular formula is C14H27N3O. The highest BCUT2D eigenvalue weighted by Crippen LogP contribution is 2.22. The predicted molar refractivity (Wildman–Crippen MR) is 76.0 cm³/mol. The number of nitrogens with zero attached hydrogens (tertiary/aromatic N) is 2.